The van der Waals surface area contributed by atoms with Gasteiger partial charge in [0.15, 0.2) is 0 Å². The van der Waals surface area contributed by atoms with Crippen LogP contribution in [0.5, 0.6) is 5.75 Å². The van der Waals surface area contributed by atoms with Crippen LogP contribution in [0.3, 0.4) is 0 Å². The molecular formula is C16H15NO4. The van der Waals surface area contributed by atoms with E-state index in [-0.39, 0.29) is 0 Å². The van der Waals surface area contributed by atoms with E-state index in [0.717, 1.165) is 4.90 Å². The van der Waals surface area contributed by atoms with E-state index in [9.17, 15) is 9.59 Å². The first kappa shape index (κ1) is 14.6. The van der Waals surface area contributed by atoms with Gasteiger partial charge in [0.2, 0.25) is 0 Å². The molecule has 0 atom stereocenters. The smallest absolute Gasteiger partial charge is 0.395 e. The molecule has 0 heterocycles. The second-order valence-electron chi connectivity index (χ2n) is 4.18. The lowest BCUT2D eigenvalue weighted by Gasteiger charge is -2.23. The van der Waals surface area contributed by atoms with Crippen molar-refractivity contribution in [3.63, 3.8) is 0 Å². The van der Waals surface area contributed by atoms with E-state index in [1.165, 1.54) is 0 Å². The van der Waals surface area contributed by atoms with Crippen LogP contribution in [0, 0.1) is 0 Å². The number of hydrogen-bond acceptors (Lipinski definition) is 3. The molecule has 2 aromatic carbocycles. The third-order valence-electron chi connectivity index (χ3n) is 2.81. The minimum atomic E-state index is -1.52. The molecule has 1 N–H and O–H groups in total. The highest BCUT2D eigenvalue weighted by atomic mass is 16.5. The van der Waals surface area contributed by atoms with Gasteiger partial charge >= 0.3 is 11.9 Å². The minimum Gasteiger partial charge on any atom is -0.492 e. The molecule has 0 unspecified atom stereocenters. The van der Waals surface area contributed by atoms with Gasteiger partial charge < -0.3 is 9.84 Å². The molecule has 21 heavy (non-hydrogen) atoms. The molecule has 0 radical (unpaired) electrons. The Morgan fingerprint density at radius 3 is 2.29 bits per heavy atom. The van der Waals surface area contributed by atoms with E-state index in [4.69, 9.17) is 9.84 Å². The Kier molecular flexibility index (Phi) is 4.56. The van der Waals surface area contributed by atoms with Gasteiger partial charge in [0.05, 0.1) is 12.3 Å². The second-order valence-corrected chi connectivity index (χ2v) is 4.18. The van der Waals surface area contributed by atoms with Crippen molar-refractivity contribution in [1.29, 1.82) is 0 Å². The summed E-state index contributed by atoms with van der Waals surface area (Å²) < 4.78 is 5.48. The highest BCUT2D eigenvalue weighted by Gasteiger charge is 2.26. The Labute approximate surface area is 122 Å². The lowest BCUT2D eigenvalue weighted by Crippen LogP contribution is -2.32. The van der Waals surface area contributed by atoms with Crippen LogP contribution in [0.4, 0.5) is 11.4 Å². The summed E-state index contributed by atoms with van der Waals surface area (Å²) in [5.41, 5.74) is 0.870. The summed E-state index contributed by atoms with van der Waals surface area (Å²) in [4.78, 5) is 24.3. The maximum absolute atomic E-state index is 12.1. The van der Waals surface area contributed by atoms with Crippen molar-refractivity contribution in [3.05, 3.63) is 54.6 Å². The predicted molar refractivity (Wildman–Crippen MR) is 78.8 cm³/mol. The van der Waals surface area contributed by atoms with Crippen molar-refractivity contribution in [2.75, 3.05) is 11.5 Å². The molecular weight excluding hydrogens is 270 g/mol. The highest BCUT2D eigenvalue weighted by Crippen LogP contribution is 2.33. The fraction of sp³-hybridized carbons (Fsp3) is 0.125. The van der Waals surface area contributed by atoms with Crippen LogP contribution >= 0.6 is 0 Å². The number of rotatable bonds is 4. The monoisotopic (exact) mass is 285 g/mol. The fourth-order valence-corrected chi connectivity index (χ4v) is 1.96. The minimum absolute atomic E-state index is 0.401. The van der Waals surface area contributed by atoms with Crippen LogP contribution in [0.1, 0.15) is 6.92 Å². The molecule has 0 aromatic heterocycles. The van der Waals surface area contributed by atoms with E-state index in [2.05, 4.69) is 0 Å². The lowest BCUT2D eigenvalue weighted by atomic mass is 10.2. The highest BCUT2D eigenvalue weighted by molar-refractivity contribution is 6.39. The van der Waals surface area contributed by atoms with E-state index >= 15 is 0 Å². The number of carboxylic acids is 1. The number of hydrogen-bond donors (Lipinski definition) is 1. The van der Waals surface area contributed by atoms with Gasteiger partial charge in [-0.1, -0.05) is 30.3 Å². The van der Waals surface area contributed by atoms with Gasteiger partial charge in [-0.25, -0.2) is 4.79 Å². The third-order valence-corrected chi connectivity index (χ3v) is 2.81. The average Bonchev–Trinajstić information content (AvgIpc) is 2.50. The van der Waals surface area contributed by atoms with Crippen molar-refractivity contribution in [2.45, 2.75) is 6.92 Å². The van der Waals surface area contributed by atoms with Gasteiger partial charge in [-0.05, 0) is 31.2 Å². The summed E-state index contributed by atoms with van der Waals surface area (Å²) in [5, 5.41) is 9.06. The molecule has 2 rings (SSSR count). The summed E-state index contributed by atoms with van der Waals surface area (Å²) in [7, 11) is 0. The van der Waals surface area contributed by atoms with E-state index in [1.807, 2.05) is 6.92 Å². The molecule has 0 aliphatic carbocycles. The summed E-state index contributed by atoms with van der Waals surface area (Å²) in [6, 6.07) is 15.4. The number of benzene rings is 2. The third kappa shape index (κ3) is 3.20. The van der Waals surface area contributed by atoms with Crippen molar-refractivity contribution < 1.29 is 19.4 Å². The van der Waals surface area contributed by atoms with Gasteiger partial charge in [0, 0.05) is 5.69 Å². The summed E-state index contributed by atoms with van der Waals surface area (Å²) in [5.74, 6) is -2.10. The zero-order valence-electron chi connectivity index (χ0n) is 11.5. The number of carboxylic acid groups (broad SMARTS) is 1. The zero-order chi connectivity index (χ0) is 15.2. The Hall–Kier alpha value is -2.82. The van der Waals surface area contributed by atoms with Gasteiger partial charge in [-0.3, -0.25) is 9.69 Å². The van der Waals surface area contributed by atoms with Gasteiger partial charge in [0.1, 0.15) is 5.75 Å². The van der Waals surface area contributed by atoms with E-state index in [0.29, 0.717) is 23.7 Å². The molecule has 108 valence electrons. The largest absolute Gasteiger partial charge is 0.492 e. The number of ether oxygens (including phenoxy) is 1. The maximum Gasteiger partial charge on any atom is 0.395 e. The molecule has 0 aliphatic heterocycles. The predicted octanol–water partition coefficient (Wildman–Crippen LogP) is 2.83. The first-order valence-corrected chi connectivity index (χ1v) is 6.49. The molecule has 0 spiro atoms. The summed E-state index contributed by atoms with van der Waals surface area (Å²) in [6.07, 6.45) is 0. The quantitative estimate of drug-likeness (QED) is 0.877. The molecule has 0 saturated heterocycles. The second kappa shape index (κ2) is 6.56. The average molecular weight is 285 g/mol. The number of aliphatic carboxylic acids is 1. The molecule has 1 amide bonds. The van der Waals surface area contributed by atoms with Crippen LogP contribution in [0.15, 0.2) is 54.6 Å². The van der Waals surface area contributed by atoms with Gasteiger partial charge in [0.25, 0.3) is 0 Å². The Bertz CT molecular complexity index is 640. The topological polar surface area (TPSA) is 66.8 Å². The zero-order valence-corrected chi connectivity index (χ0v) is 11.5. The normalized spacial score (nSPS) is 9.95. The number of carbonyl (C=O) groups excluding carboxylic acids is 1. The fourth-order valence-electron chi connectivity index (χ4n) is 1.96. The number of carbonyl (C=O) groups is 2. The van der Waals surface area contributed by atoms with Crippen molar-refractivity contribution >= 4 is 23.3 Å². The number of nitrogens with zero attached hydrogens (tertiary/aromatic N) is 1. The SMILES string of the molecule is CCOc1ccccc1N(C(=O)C(=O)O)c1ccccc1. The Morgan fingerprint density at radius 2 is 1.67 bits per heavy atom. The van der Waals surface area contributed by atoms with E-state index < -0.39 is 11.9 Å². The van der Waals surface area contributed by atoms with Crippen molar-refractivity contribution in [3.8, 4) is 5.75 Å². The molecule has 0 fully saturated rings. The molecule has 5 nitrogen and oxygen atoms in total. The molecule has 0 saturated carbocycles. The number of para-hydroxylation sites is 3. The molecule has 2 aromatic rings. The Morgan fingerprint density at radius 1 is 1.05 bits per heavy atom. The maximum atomic E-state index is 12.1. The van der Waals surface area contributed by atoms with Crippen LogP contribution in [-0.2, 0) is 9.59 Å². The van der Waals surface area contributed by atoms with Crippen molar-refractivity contribution in [1.82, 2.24) is 0 Å². The van der Waals surface area contributed by atoms with Crippen LogP contribution < -0.4 is 9.64 Å². The number of anilines is 2. The van der Waals surface area contributed by atoms with Crippen LogP contribution in [-0.4, -0.2) is 23.6 Å². The summed E-state index contributed by atoms with van der Waals surface area (Å²) in [6.45, 7) is 2.24. The van der Waals surface area contributed by atoms with Gasteiger partial charge in [-0.2, -0.15) is 0 Å². The van der Waals surface area contributed by atoms with Crippen molar-refractivity contribution in [2.24, 2.45) is 0 Å². The lowest BCUT2D eigenvalue weighted by molar-refractivity contribution is -0.148. The van der Waals surface area contributed by atoms with E-state index in [1.54, 1.807) is 54.6 Å². The standard InChI is InChI=1S/C16H15NO4/c1-2-21-14-11-7-6-10-13(14)17(15(18)16(19)20)12-8-4-3-5-9-12/h3-11H,2H2,1H3,(H,19,20). The first-order valence-electron chi connectivity index (χ1n) is 6.49. The van der Waals surface area contributed by atoms with Crippen LogP contribution in [0.25, 0.3) is 0 Å². The summed E-state index contributed by atoms with van der Waals surface area (Å²) >= 11 is 0. The first-order chi connectivity index (χ1) is 10.1. The van der Waals surface area contributed by atoms with Crippen LogP contribution in [0.2, 0.25) is 0 Å². The Balaban J connectivity index is 2.55. The molecule has 0 bridgehead atoms. The van der Waals surface area contributed by atoms with Gasteiger partial charge in [-0.15, -0.1) is 0 Å². The molecule has 5 heteroatoms. The number of amides is 1. The molecule has 0 aliphatic rings.